The smallest absolute Gasteiger partial charge is 0.256 e. The molecule has 4 N–H and O–H groups in total. The number of rotatable bonds is 7. The Kier molecular flexibility index (Phi) is 6.82. The lowest BCUT2D eigenvalue weighted by Gasteiger charge is -2.41. The molecule has 6 heteroatoms. The SMILES string of the molecule is CC(C)=CCC/C(C)=C/CCC1(C)Oc2c(c(O)cc3c2CN(C(C)N)C3=O)CC1O. The molecule has 0 spiro atoms. The van der Waals surface area contributed by atoms with Crippen LogP contribution in [0.2, 0.25) is 0 Å². The number of nitrogens with two attached hydrogens (primary N) is 1. The normalized spacial score (nSPS) is 23.8. The fourth-order valence-corrected chi connectivity index (χ4v) is 4.35. The Hall–Kier alpha value is -2.31. The van der Waals surface area contributed by atoms with E-state index in [-0.39, 0.29) is 11.7 Å². The third-order valence-electron chi connectivity index (χ3n) is 6.44. The van der Waals surface area contributed by atoms with Gasteiger partial charge in [-0.1, -0.05) is 23.3 Å². The Labute approximate surface area is 185 Å². The second-order valence-electron chi connectivity index (χ2n) is 9.45. The highest BCUT2D eigenvalue weighted by molar-refractivity contribution is 6.00. The molecule has 1 aromatic carbocycles. The van der Waals surface area contributed by atoms with Gasteiger partial charge in [0.2, 0.25) is 0 Å². The molecule has 0 bridgehead atoms. The van der Waals surface area contributed by atoms with E-state index in [1.165, 1.54) is 17.2 Å². The molecule has 170 valence electrons. The first-order valence-electron chi connectivity index (χ1n) is 11.1. The van der Waals surface area contributed by atoms with Crippen molar-refractivity contribution in [1.29, 1.82) is 0 Å². The van der Waals surface area contributed by atoms with Gasteiger partial charge in [-0.3, -0.25) is 4.79 Å². The summed E-state index contributed by atoms with van der Waals surface area (Å²) in [5.74, 6) is 0.322. The number of fused-ring (bicyclic) bond motifs is 3. The lowest BCUT2D eigenvalue weighted by Crippen LogP contribution is -2.49. The summed E-state index contributed by atoms with van der Waals surface area (Å²) in [7, 11) is 0. The molecule has 0 saturated heterocycles. The minimum atomic E-state index is -0.796. The Morgan fingerprint density at radius 1 is 1.32 bits per heavy atom. The number of carbonyl (C=O) groups excluding carboxylic acids is 1. The molecule has 0 saturated carbocycles. The highest BCUT2D eigenvalue weighted by Crippen LogP contribution is 2.46. The van der Waals surface area contributed by atoms with Gasteiger partial charge in [-0.05, 0) is 66.4 Å². The molecule has 6 nitrogen and oxygen atoms in total. The van der Waals surface area contributed by atoms with Crippen molar-refractivity contribution in [3.8, 4) is 11.5 Å². The number of hydrogen-bond donors (Lipinski definition) is 3. The van der Waals surface area contributed by atoms with Gasteiger partial charge in [0.05, 0.1) is 24.4 Å². The zero-order valence-electron chi connectivity index (χ0n) is 19.4. The number of aliphatic hydroxyl groups excluding tert-OH is 1. The van der Waals surface area contributed by atoms with Gasteiger partial charge >= 0.3 is 0 Å². The number of aromatic hydroxyl groups is 1. The molecule has 2 heterocycles. The molecule has 0 fully saturated rings. The van der Waals surface area contributed by atoms with Crippen LogP contribution in [0.3, 0.4) is 0 Å². The van der Waals surface area contributed by atoms with Crippen LogP contribution in [0.25, 0.3) is 0 Å². The third-order valence-corrected chi connectivity index (χ3v) is 6.44. The standard InChI is InChI=1S/C25H36N2O4/c1-15(2)8-6-9-16(3)10-7-11-25(5)22(29)13-19-21(28)12-18-20(23(19)31-25)14-27(17(4)26)24(18)30/h8,10,12,17,22,28-29H,6-7,9,11,13-14,26H2,1-5H3/b16-10+. The van der Waals surface area contributed by atoms with Crippen molar-refractivity contribution in [3.05, 3.63) is 46.1 Å². The number of aliphatic hydroxyl groups is 1. The number of benzene rings is 1. The molecule has 1 amide bonds. The van der Waals surface area contributed by atoms with Crippen LogP contribution in [0, 0.1) is 0 Å². The summed E-state index contributed by atoms with van der Waals surface area (Å²) < 4.78 is 6.36. The van der Waals surface area contributed by atoms with Crippen molar-refractivity contribution in [2.45, 2.75) is 91.1 Å². The van der Waals surface area contributed by atoms with Crippen LogP contribution in [0.4, 0.5) is 0 Å². The summed E-state index contributed by atoms with van der Waals surface area (Å²) in [5.41, 5.74) is 9.56. The van der Waals surface area contributed by atoms with Gasteiger partial charge in [0.25, 0.3) is 5.91 Å². The molecule has 1 aromatic rings. The zero-order chi connectivity index (χ0) is 22.9. The quantitative estimate of drug-likeness (QED) is 0.566. The van der Waals surface area contributed by atoms with E-state index in [4.69, 9.17) is 10.5 Å². The molecule has 0 aromatic heterocycles. The van der Waals surface area contributed by atoms with Crippen LogP contribution in [0.1, 0.15) is 81.8 Å². The third kappa shape index (κ3) is 4.80. The Morgan fingerprint density at radius 3 is 2.68 bits per heavy atom. The van der Waals surface area contributed by atoms with Crippen molar-refractivity contribution in [2.24, 2.45) is 5.73 Å². The molecule has 0 aliphatic carbocycles. The van der Waals surface area contributed by atoms with E-state index in [2.05, 4.69) is 32.9 Å². The molecular formula is C25H36N2O4. The molecule has 3 rings (SSSR count). The van der Waals surface area contributed by atoms with Gasteiger partial charge in [0.1, 0.15) is 17.1 Å². The second-order valence-corrected chi connectivity index (χ2v) is 9.45. The number of carbonyl (C=O) groups is 1. The number of phenols is 1. The van der Waals surface area contributed by atoms with Gasteiger partial charge in [0.15, 0.2) is 0 Å². The predicted octanol–water partition coefficient (Wildman–Crippen LogP) is 4.18. The predicted molar refractivity (Wildman–Crippen MR) is 122 cm³/mol. The maximum Gasteiger partial charge on any atom is 0.256 e. The maximum absolute atomic E-state index is 12.7. The van der Waals surface area contributed by atoms with Gasteiger partial charge in [0, 0.05) is 17.5 Å². The zero-order valence-corrected chi connectivity index (χ0v) is 19.4. The fraction of sp³-hybridized carbons (Fsp3) is 0.560. The molecule has 31 heavy (non-hydrogen) atoms. The summed E-state index contributed by atoms with van der Waals surface area (Å²) in [5, 5.41) is 21.4. The molecule has 2 aliphatic heterocycles. The summed E-state index contributed by atoms with van der Waals surface area (Å²) >= 11 is 0. The van der Waals surface area contributed by atoms with Gasteiger partial charge in [-0.2, -0.15) is 0 Å². The van der Waals surface area contributed by atoms with Crippen molar-refractivity contribution >= 4 is 5.91 Å². The molecule has 0 radical (unpaired) electrons. The van der Waals surface area contributed by atoms with Gasteiger partial charge in [-0.15, -0.1) is 0 Å². The summed E-state index contributed by atoms with van der Waals surface area (Å²) in [6.45, 7) is 10.4. The highest BCUT2D eigenvalue weighted by atomic mass is 16.5. The Morgan fingerprint density at radius 2 is 2.03 bits per heavy atom. The second kappa shape index (κ2) is 9.05. The van der Waals surface area contributed by atoms with Crippen LogP contribution >= 0.6 is 0 Å². The minimum absolute atomic E-state index is 0.00950. The average Bonchev–Trinajstić information content (AvgIpc) is 3.00. The van der Waals surface area contributed by atoms with Crippen LogP contribution < -0.4 is 10.5 Å². The van der Waals surface area contributed by atoms with Crippen LogP contribution in [-0.4, -0.2) is 38.9 Å². The first kappa shape index (κ1) is 23.4. The van der Waals surface area contributed by atoms with Crippen LogP contribution in [0.15, 0.2) is 29.4 Å². The summed E-state index contributed by atoms with van der Waals surface area (Å²) in [6.07, 6.45) is 7.05. The van der Waals surface area contributed by atoms with Gasteiger partial charge < -0.3 is 25.6 Å². The van der Waals surface area contributed by atoms with E-state index >= 15 is 0 Å². The van der Waals surface area contributed by atoms with E-state index < -0.39 is 17.9 Å². The summed E-state index contributed by atoms with van der Waals surface area (Å²) in [6, 6.07) is 1.48. The van der Waals surface area contributed by atoms with Crippen LogP contribution in [-0.2, 0) is 13.0 Å². The van der Waals surface area contributed by atoms with E-state index in [0.717, 1.165) is 24.8 Å². The molecular weight excluding hydrogens is 392 g/mol. The summed E-state index contributed by atoms with van der Waals surface area (Å²) in [4.78, 5) is 14.3. The lowest BCUT2D eigenvalue weighted by atomic mass is 9.84. The number of allylic oxidation sites excluding steroid dienone is 4. The van der Waals surface area contributed by atoms with E-state index in [0.29, 0.717) is 36.3 Å². The molecule has 3 unspecified atom stereocenters. The molecule has 2 aliphatic rings. The maximum atomic E-state index is 12.7. The number of hydrogen-bond acceptors (Lipinski definition) is 5. The Bertz CT molecular complexity index is 915. The van der Waals surface area contributed by atoms with Crippen molar-refractivity contribution in [1.82, 2.24) is 4.90 Å². The number of phenolic OH excluding ortho intramolecular Hbond substituents is 1. The first-order valence-corrected chi connectivity index (χ1v) is 11.1. The average molecular weight is 429 g/mol. The van der Waals surface area contributed by atoms with E-state index in [9.17, 15) is 15.0 Å². The number of amides is 1. The van der Waals surface area contributed by atoms with Crippen molar-refractivity contribution in [2.75, 3.05) is 0 Å². The first-order chi connectivity index (χ1) is 14.5. The highest BCUT2D eigenvalue weighted by Gasteiger charge is 2.44. The van der Waals surface area contributed by atoms with Crippen molar-refractivity contribution < 1.29 is 19.7 Å². The van der Waals surface area contributed by atoms with Crippen LogP contribution in [0.5, 0.6) is 11.5 Å². The topological polar surface area (TPSA) is 96.0 Å². The number of nitrogens with zero attached hydrogens (tertiary/aromatic N) is 1. The van der Waals surface area contributed by atoms with Gasteiger partial charge in [-0.25, -0.2) is 0 Å². The monoisotopic (exact) mass is 428 g/mol. The molecule has 3 atom stereocenters. The van der Waals surface area contributed by atoms with Crippen molar-refractivity contribution in [3.63, 3.8) is 0 Å². The minimum Gasteiger partial charge on any atom is -0.508 e. The Balaban J connectivity index is 1.79. The largest absolute Gasteiger partial charge is 0.508 e. The van der Waals surface area contributed by atoms with E-state index in [1.54, 1.807) is 11.8 Å². The lowest BCUT2D eigenvalue weighted by molar-refractivity contribution is -0.0599. The van der Waals surface area contributed by atoms with E-state index in [1.807, 2.05) is 6.92 Å². The number of ether oxygens (including phenoxy) is 1. The fourth-order valence-electron chi connectivity index (χ4n) is 4.35.